The lowest BCUT2D eigenvalue weighted by molar-refractivity contribution is -0.124. The van der Waals surface area contributed by atoms with Gasteiger partial charge in [0.15, 0.2) is 0 Å². The van der Waals surface area contributed by atoms with E-state index in [4.69, 9.17) is 4.74 Å². The molecule has 1 aromatic rings. The van der Waals surface area contributed by atoms with Crippen LogP contribution in [0.3, 0.4) is 0 Å². The normalized spacial score (nSPS) is 26.8. The SMILES string of the molecule is O=C1CCNCC1CC1Cc2cc(F)ccc2O1. The van der Waals surface area contributed by atoms with Crippen molar-refractivity contribution < 1.29 is 13.9 Å². The monoisotopic (exact) mass is 249 g/mol. The maximum atomic E-state index is 13.1. The molecule has 2 atom stereocenters. The molecule has 3 nitrogen and oxygen atoms in total. The molecule has 1 N–H and O–H groups in total. The zero-order valence-electron chi connectivity index (χ0n) is 10.1. The van der Waals surface area contributed by atoms with Gasteiger partial charge in [0.05, 0.1) is 0 Å². The summed E-state index contributed by atoms with van der Waals surface area (Å²) < 4.78 is 18.9. The molecule has 96 valence electrons. The van der Waals surface area contributed by atoms with Crippen molar-refractivity contribution in [1.29, 1.82) is 0 Å². The van der Waals surface area contributed by atoms with Crippen molar-refractivity contribution in [3.63, 3.8) is 0 Å². The van der Waals surface area contributed by atoms with Crippen LogP contribution in [0.5, 0.6) is 5.75 Å². The molecule has 0 bridgehead atoms. The van der Waals surface area contributed by atoms with E-state index in [0.29, 0.717) is 18.6 Å². The van der Waals surface area contributed by atoms with Gasteiger partial charge in [0.25, 0.3) is 0 Å². The minimum Gasteiger partial charge on any atom is -0.490 e. The smallest absolute Gasteiger partial charge is 0.138 e. The number of fused-ring (bicyclic) bond motifs is 1. The number of carbonyl (C=O) groups is 1. The Morgan fingerprint density at radius 3 is 3.17 bits per heavy atom. The number of halogens is 1. The molecule has 1 fully saturated rings. The van der Waals surface area contributed by atoms with Gasteiger partial charge in [-0.25, -0.2) is 4.39 Å². The second kappa shape index (κ2) is 4.69. The number of piperidine rings is 1. The van der Waals surface area contributed by atoms with Crippen molar-refractivity contribution >= 4 is 5.78 Å². The van der Waals surface area contributed by atoms with E-state index >= 15 is 0 Å². The van der Waals surface area contributed by atoms with E-state index in [2.05, 4.69) is 5.32 Å². The molecule has 3 rings (SSSR count). The standard InChI is InChI=1S/C14H16FNO2/c15-11-1-2-14-9(5-11)6-12(18-14)7-10-8-16-4-3-13(10)17/h1-2,5,10,12,16H,3-4,6-8H2. The Labute approximate surface area is 105 Å². The number of benzene rings is 1. The number of Topliss-reactive ketones (excluding diaryl/α,β-unsaturated/α-hetero) is 1. The predicted octanol–water partition coefficient (Wildman–Crippen LogP) is 1.70. The highest BCUT2D eigenvalue weighted by molar-refractivity contribution is 5.82. The summed E-state index contributed by atoms with van der Waals surface area (Å²) in [7, 11) is 0. The number of ether oxygens (including phenoxy) is 1. The summed E-state index contributed by atoms with van der Waals surface area (Å²) in [6, 6.07) is 4.61. The Balaban J connectivity index is 1.65. The maximum absolute atomic E-state index is 13.1. The van der Waals surface area contributed by atoms with Crippen LogP contribution in [0, 0.1) is 11.7 Å². The molecule has 2 unspecified atom stereocenters. The highest BCUT2D eigenvalue weighted by Crippen LogP contribution is 2.32. The molecule has 0 amide bonds. The fraction of sp³-hybridized carbons (Fsp3) is 0.500. The predicted molar refractivity (Wildman–Crippen MR) is 65.1 cm³/mol. The van der Waals surface area contributed by atoms with Gasteiger partial charge in [-0.1, -0.05) is 0 Å². The molecule has 0 spiro atoms. The number of ketones is 1. The zero-order valence-corrected chi connectivity index (χ0v) is 10.1. The number of nitrogens with one attached hydrogen (secondary N) is 1. The molecule has 2 heterocycles. The zero-order chi connectivity index (χ0) is 12.5. The van der Waals surface area contributed by atoms with Gasteiger partial charge in [0.1, 0.15) is 23.5 Å². The fourth-order valence-corrected chi connectivity index (χ4v) is 2.76. The second-order valence-electron chi connectivity index (χ2n) is 5.05. The van der Waals surface area contributed by atoms with Crippen LogP contribution in [0.1, 0.15) is 18.4 Å². The van der Waals surface area contributed by atoms with Gasteiger partial charge in [-0.3, -0.25) is 4.79 Å². The molecular formula is C14H16FNO2. The molecule has 4 heteroatoms. The van der Waals surface area contributed by atoms with E-state index in [1.807, 2.05) is 0 Å². The third-order valence-corrected chi connectivity index (χ3v) is 3.71. The molecular weight excluding hydrogens is 233 g/mol. The minimum absolute atomic E-state index is 0.00986. The molecule has 0 saturated carbocycles. The summed E-state index contributed by atoms with van der Waals surface area (Å²) in [6.07, 6.45) is 2.05. The molecule has 1 aromatic carbocycles. The van der Waals surface area contributed by atoms with Crippen molar-refractivity contribution in [1.82, 2.24) is 5.32 Å². The van der Waals surface area contributed by atoms with Crippen molar-refractivity contribution in [3.05, 3.63) is 29.6 Å². The van der Waals surface area contributed by atoms with Crippen LogP contribution in [-0.4, -0.2) is 25.0 Å². The van der Waals surface area contributed by atoms with Crippen LogP contribution in [0.2, 0.25) is 0 Å². The van der Waals surface area contributed by atoms with Crippen LogP contribution in [-0.2, 0) is 11.2 Å². The van der Waals surface area contributed by atoms with Gasteiger partial charge in [0, 0.05) is 37.4 Å². The summed E-state index contributed by atoms with van der Waals surface area (Å²) in [6.45, 7) is 1.52. The summed E-state index contributed by atoms with van der Waals surface area (Å²) >= 11 is 0. The third kappa shape index (κ3) is 2.25. The highest BCUT2D eigenvalue weighted by atomic mass is 19.1. The van der Waals surface area contributed by atoms with Crippen molar-refractivity contribution in [2.24, 2.45) is 5.92 Å². The fourth-order valence-electron chi connectivity index (χ4n) is 2.76. The third-order valence-electron chi connectivity index (χ3n) is 3.71. The van der Waals surface area contributed by atoms with Gasteiger partial charge in [-0.05, 0) is 24.6 Å². The number of hydrogen-bond acceptors (Lipinski definition) is 3. The van der Waals surface area contributed by atoms with Gasteiger partial charge in [-0.15, -0.1) is 0 Å². The Kier molecular flexibility index (Phi) is 3.04. The Hall–Kier alpha value is -1.42. The first-order chi connectivity index (χ1) is 8.72. The topological polar surface area (TPSA) is 38.3 Å². The summed E-state index contributed by atoms with van der Waals surface area (Å²) in [5.41, 5.74) is 0.913. The lowest BCUT2D eigenvalue weighted by Gasteiger charge is -2.23. The Morgan fingerprint density at radius 1 is 1.44 bits per heavy atom. The Bertz CT molecular complexity index is 475. The summed E-state index contributed by atoms with van der Waals surface area (Å²) in [4.78, 5) is 11.8. The molecule has 0 aliphatic carbocycles. The van der Waals surface area contributed by atoms with Crippen LogP contribution < -0.4 is 10.1 Å². The van der Waals surface area contributed by atoms with Crippen LogP contribution >= 0.6 is 0 Å². The molecule has 2 aliphatic rings. The lowest BCUT2D eigenvalue weighted by atomic mass is 9.91. The quantitative estimate of drug-likeness (QED) is 0.867. The van der Waals surface area contributed by atoms with Crippen LogP contribution in [0.25, 0.3) is 0 Å². The molecule has 18 heavy (non-hydrogen) atoms. The number of carbonyl (C=O) groups excluding carboxylic acids is 1. The van der Waals surface area contributed by atoms with Crippen LogP contribution in [0.15, 0.2) is 18.2 Å². The van der Waals surface area contributed by atoms with E-state index in [0.717, 1.165) is 30.8 Å². The van der Waals surface area contributed by atoms with Gasteiger partial charge >= 0.3 is 0 Å². The van der Waals surface area contributed by atoms with Gasteiger partial charge < -0.3 is 10.1 Å². The largest absolute Gasteiger partial charge is 0.490 e. The summed E-state index contributed by atoms with van der Waals surface area (Å²) in [5.74, 6) is 0.897. The number of hydrogen-bond donors (Lipinski definition) is 1. The van der Waals surface area contributed by atoms with E-state index in [1.54, 1.807) is 6.07 Å². The summed E-state index contributed by atoms with van der Waals surface area (Å²) in [5, 5.41) is 3.23. The maximum Gasteiger partial charge on any atom is 0.138 e. The highest BCUT2D eigenvalue weighted by Gasteiger charge is 2.30. The van der Waals surface area contributed by atoms with Gasteiger partial charge in [-0.2, -0.15) is 0 Å². The van der Waals surface area contributed by atoms with E-state index in [1.165, 1.54) is 12.1 Å². The van der Waals surface area contributed by atoms with E-state index in [-0.39, 0.29) is 17.8 Å². The number of rotatable bonds is 2. The van der Waals surface area contributed by atoms with Crippen LogP contribution in [0.4, 0.5) is 4.39 Å². The molecule has 0 aromatic heterocycles. The van der Waals surface area contributed by atoms with E-state index in [9.17, 15) is 9.18 Å². The molecule has 2 aliphatic heterocycles. The van der Waals surface area contributed by atoms with Gasteiger partial charge in [0.2, 0.25) is 0 Å². The Morgan fingerprint density at radius 2 is 2.33 bits per heavy atom. The minimum atomic E-state index is -0.228. The van der Waals surface area contributed by atoms with Crippen molar-refractivity contribution in [3.8, 4) is 5.75 Å². The molecule has 0 radical (unpaired) electrons. The lowest BCUT2D eigenvalue weighted by Crippen LogP contribution is -2.39. The van der Waals surface area contributed by atoms with E-state index < -0.39 is 0 Å². The first-order valence-electron chi connectivity index (χ1n) is 6.41. The van der Waals surface area contributed by atoms with Crippen molar-refractivity contribution in [2.45, 2.75) is 25.4 Å². The first-order valence-corrected chi connectivity index (χ1v) is 6.41. The first kappa shape index (κ1) is 11.7. The average Bonchev–Trinajstić information content (AvgIpc) is 2.73. The second-order valence-corrected chi connectivity index (χ2v) is 5.05. The average molecular weight is 249 g/mol. The van der Waals surface area contributed by atoms with Crippen molar-refractivity contribution in [2.75, 3.05) is 13.1 Å². The molecule has 1 saturated heterocycles.